The first-order valence-electron chi connectivity index (χ1n) is 6.05. The van der Waals surface area contributed by atoms with Crippen LogP contribution in [0.5, 0.6) is 5.75 Å². The molecule has 0 unspecified atom stereocenters. The van der Waals surface area contributed by atoms with Gasteiger partial charge in [-0.15, -0.1) is 0 Å². The van der Waals surface area contributed by atoms with E-state index in [1.807, 2.05) is 0 Å². The monoisotopic (exact) mass is 294 g/mol. The highest BCUT2D eigenvalue weighted by atomic mass is 19.2. The highest BCUT2D eigenvalue weighted by Gasteiger charge is 2.16. The van der Waals surface area contributed by atoms with Gasteiger partial charge in [0.1, 0.15) is 6.61 Å². The van der Waals surface area contributed by atoms with Crippen molar-refractivity contribution in [3.63, 3.8) is 0 Å². The molecule has 21 heavy (non-hydrogen) atoms. The number of nitrogens with zero attached hydrogens (tertiary/aromatic N) is 1. The summed E-state index contributed by atoms with van der Waals surface area (Å²) in [5.41, 5.74) is 6.17. The molecule has 2 aromatic rings. The molecule has 0 radical (unpaired) electrons. The van der Waals surface area contributed by atoms with Gasteiger partial charge in [-0.2, -0.15) is 0 Å². The van der Waals surface area contributed by atoms with E-state index in [1.54, 1.807) is 6.07 Å². The van der Waals surface area contributed by atoms with Crippen LogP contribution in [0.4, 0.5) is 14.5 Å². The highest BCUT2D eigenvalue weighted by molar-refractivity contribution is 5.48. The van der Waals surface area contributed by atoms with E-state index in [4.69, 9.17) is 10.5 Å². The van der Waals surface area contributed by atoms with Crippen molar-refractivity contribution in [3.05, 3.63) is 69.3 Å². The van der Waals surface area contributed by atoms with Gasteiger partial charge in [-0.1, -0.05) is 12.1 Å². The molecule has 0 aliphatic heterocycles. The van der Waals surface area contributed by atoms with Crippen LogP contribution in [0.1, 0.15) is 11.1 Å². The molecule has 7 heteroatoms. The number of hydrogen-bond acceptors (Lipinski definition) is 4. The van der Waals surface area contributed by atoms with Gasteiger partial charge in [0.2, 0.25) is 0 Å². The minimum atomic E-state index is -0.996. The Labute approximate surface area is 119 Å². The molecule has 0 saturated carbocycles. The van der Waals surface area contributed by atoms with Crippen molar-refractivity contribution >= 4 is 5.69 Å². The Bertz CT molecular complexity index is 677. The molecule has 0 bridgehead atoms. The molecule has 2 aromatic carbocycles. The van der Waals surface area contributed by atoms with Crippen molar-refractivity contribution < 1.29 is 18.4 Å². The van der Waals surface area contributed by atoms with Crippen LogP contribution in [-0.2, 0) is 13.2 Å². The van der Waals surface area contributed by atoms with Crippen LogP contribution < -0.4 is 10.5 Å². The Balaban J connectivity index is 2.19. The number of hydrogen-bond donors (Lipinski definition) is 1. The second-order valence-electron chi connectivity index (χ2n) is 4.30. The van der Waals surface area contributed by atoms with Gasteiger partial charge in [0.15, 0.2) is 17.4 Å². The van der Waals surface area contributed by atoms with Crippen LogP contribution in [0.2, 0.25) is 0 Å². The predicted octanol–water partition coefficient (Wildman–Crippen LogP) is 2.91. The van der Waals surface area contributed by atoms with E-state index in [0.29, 0.717) is 11.1 Å². The summed E-state index contributed by atoms with van der Waals surface area (Å²) in [4.78, 5) is 10.4. The van der Waals surface area contributed by atoms with Gasteiger partial charge < -0.3 is 10.5 Å². The zero-order chi connectivity index (χ0) is 15.4. The maximum Gasteiger partial charge on any atom is 0.311 e. The average Bonchev–Trinajstić information content (AvgIpc) is 2.48. The molecular weight excluding hydrogens is 282 g/mol. The van der Waals surface area contributed by atoms with Gasteiger partial charge in [-0.3, -0.25) is 10.1 Å². The first-order valence-corrected chi connectivity index (χ1v) is 6.05. The molecular formula is C14H12F2N2O3. The lowest BCUT2D eigenvalue weighted by molar-refractivity contribution is -0.386. The molecule has 0 spiro atoms. The predicted molar refractivity (Wildman–Crippen MR) is 71.7 cm³/mol. The van der Waals surface area contributed by atoms with E-state index in [0.717, 1.165) is 12.1 Å². The van der Waals surface area contributed by atoms with Gasteiger partial charge in [0.25, 0.3) is 0 Å². The Morgan fingerprint density at radius 1 is 1.10 bits per heavy atom. The van der Waals surface area contributed by atoms with E-state index in [1.165, 1.54) is 18.2 Å². The molecule has 0 aliphatic rings. The quantitative estimate of drug-likeness (QED) is 0.679. The van der Waals surface area contributed by atoms with Crippen molar-refractivity contribution in [3.8, 4) is 5.75 Å². The fraction of sp³-hybridized carbons (Fsp3) is 0.143. The fourth-order valence-electron chi connectivity index (χ4n) is 1.75. The summed E-state index contributed by atoms with van der Waals surface area (Å²) in [6.45, 7) is 0.0598. The molecule has 0 atom stereocenters. The molecule has 0 heterocycles. The first kappa shape index (κ1) is 14.9. The molecule has 5 nitrogen and oxygen atoms in total. The Hall–Kier alpha value is -2.54. The zero-order valence-corrected chi connectivity index (χ0v) is 10.9. The normalized spacial score (nSPS) is 10.4. The summed E-state index contributed by atoms with van der Waals surface area (Å²) in [5.74, 6) is -1.91. The smallest absolute Gasteiger partial charge is 0.311 e. The molecule has 0 aliphatic carbocycles. The number of benzene rings is 2. The van der Waals surface area contributed by atoms with E-state index in [9.17, 15) is 18.9 Å². The second-order valence-corrected chi connectivity index (χ2v) is 4.30. The third kappa shape index (κ3) is 3.51. The summed E-state index contributed by atoms with van der Waals surface area (Å²) in [7, 11) is 0. The van der Waals surface area contributed by atoms with Crippen molar-refractivity contribution in [1.29, 1.82) is 0 Å². The minimum Gasteiger partial charge on any atom is -0.482 e. The summed E-state index contributed by atoms with van der Waals surface area (Å²) in [6.07, 6.45) is 0. The SMILES string of the molecule is NCc1ccc(OCc2ccc(F)c(F)c2)c([N+](=O)[O-])c1. The summed E-state index contributed by atoms with van der Waals surface area (Å²) >= 11 is 0. The van der Waals surface area contributed by atoms with E-state index >= 15 is 0 Å². The van der Waals surface area contributed by atoms with Gasteiger partial charge in [-0.25, -0.2) is 8.78 Å². The van der Waals surface area contributed by atoms with Crippen molar-refractivity contribution in [2.24, 2.45) is 5.73 Å². The lowest BCUT2D eigenvalue weighted by Crippen LogP contribution is -2.02. The lowest BCUT2D eigenvalue weighted by atomic mass is 10.2. The number of rotatable bonds is 5. The molecule has 0 fully saturated rings. The number of nitro benzene ring substituents is 1. The topological polar surface area (TPSA) is 78.4 Å². The Kier molecular flexibility index (Phi) is 4.44. The maximum absolute atomic E-state index is 13.1. The Morgan fingerprint density at radius 2 is 1.81 bits per heavy atom. The average molecular weight is 294 g/mol. The van der Waals surface area contributed by atoms with Crippen molar-refractivity contribution in [1.82, 2.24) is 0 Å². The molecule has 0 aromatic heterocycles. The number of ether oxygens (including phenoxy) is 1. The van der Waals surface area contributed by atoms with Crippen LogP contribution in [0.25, 0.3) is 0 Å². The van der Waals surface area contributed by atoms with Gasteiger partial charge >= 0.3 is 5.69 Å². The van der Waals surface area contributed by atoms with Crippen molar-refractivity contribution in [2.75, 3.05) is 0 Å². The summed E-state index contributed by atoms with van der Waals surface area (Å²) < 4.78 is 31.2. The van der Waals surface area contributed by atoms with Crippen molar-refractivity contribution in [2.45, 2.75) is 13.2 Å². The van der Waals surface area contributed by atoms with Crippen LogP contribution in [0, 0.1) is 21.7 Å². The standard InChI is InChI=1S/C14H12F2N2O3/c15-11-3-1-10(5-12(11)16)8-21-14-4-2-9(7-17)6-13(14)18(19)20/h1-6H,7-8,17H2. The van der Waals surface area contributed by atoms with E-state index < -0.39 is 16.6 Å². The third-order valence-corrected chi connectivity index (χ3v) is 2.83. The van der Waals surface area contributed by atoms with Crippen LogP contribution in [-0.4, -0.2) is 4.92 Å². The third-order valence-electron chi connectivity index (χ3n) is 2.83. The summed E-state index contributed by atoms with van der Waals surface area (Å²) in [5, 5.41) is 11.0. The molecule has 110 valence electrons. The van der Waals surface area contributed by atoms with E-state index in [-0.39, 0.29) is 24.6 Å². The number of nitro groups is 1. The lowest BCUT2D eigenvalue weighted by Gasteiger charge is -2.08. The molecule has 0 amide bonds. The Morgan fingerprint density at radius 3 is 2.43 bits per heavy atom. The zero-order valence-electron chi connectivity index (χ0n) is 10.9. The van der Waals surface area contributed by atoms with Crippen LogP contribution in [0.15, 0.2) is 36.4 Å². The van der Waals surface area contributed by atoms with Crippen LogP contribution >= 0.6 is 0 Å². The van der Waals surface area contributed by atoms with Gasteiger partial charge in [-0.05, 0) is 29.3 Å². The highest BCUT2D eigenvalue weighted by Crippen LogP contribution is 2.28. The minimum absolute atomic E-state index is 0.0435. The summed E-state index contributed by atoms with van der Waals surface area (Å²) in [6, 6.07) is 7.66. The second kappa shape index (κ2) is 6.27. The molecule has 2 rings (SSSR count). The molecule has 0 saturated heterocycles. The van der Waals surface area contributed by atoms with Crippen LogP contribution in [0.3, 0.4) is 0 Å². The van der Waals surface area contributed by atoms with E-state index in [2.05, 4.69) is 0 Å². The fourth-order valence-corrected chi connectivity index (χ4v) is 1.75. The largest absolute Gasteiger partial charge is 0.482 e. The molecule has 2 N–H and O–H groups in total. The van der Waals surface area contributed by atoms with Gasteiger partial charge in [0.05, 0.1) is 4.92 Å². The van der Waals surface area contributed by atoms with Gasteiger partial charge in [0, 0.05) is 12.6 Å². The maximum atomic E-state index is 13.1. The first-order chi connectivity index (χ1) is 10.0. The number of halogens is 2. The number of nitrogens with two attached hydrogens (primary N) is 1.